The van der Waals surface area contributed by atoms with Crippen molar-refractivity contribution in [2.75, 3.05) is 0 Å². The lowest BCUT2D eigenvalue weighted by molar-refractivity contribution is 0.00181. The van der Waals surface area contributed by atoms with Crippen LogP contribution in [0.2, 0.25) is 0 Å². The van der Waals surface area contributed by atoms with Crippen LogP contribution in [-0.2, 0) is 0 Å². The van der Waals surface area contributed by atoms with Crippen molar-refractivity contribution in [2.45, 2.75) is 38.1 Å². The molecule has 0 saturated carbocycles. The van der Waals surface area contributed by atoms with Gasteiger partial charge < -0.3 is 15.3 Å². The topological polar surface area (TPSA) is 60.7 Å². The molecular weight excluding hydrogens is 144 g/mol. The van der Waals surface area contributed by atoms with E-state index < -0.39 is 18.3 Å². The maximum atomic E-state index is 9.33. The van der Waals surface area contributed by atoms with Crippen LogP contribution in [0.25, 0.3) is 0 Å². The van der Waals surface area contributed by atoms with Crippen LogP contribution in [0.5, 0.6) is 0 Å². The Balaban J connectivity index is 2.72. The van der Waals surface area contributed by atoms with Crippen molar-refractivity contribution in [3.63, 3.8) is 0 Å². The summed E-state index contributed by atoms with van der Waals surface area (Å²) in [5.74, 6) is 0. The van der Waals surface area contributed by atoms with E-state index in [0.29, 0.717) is 6.42 Å². The molecule has 0 fully saturated rings. The Kier molecular flexibility index (Phi) is 2.65. The first-order valence-corrected chi connectivity index (χ1v) is 3.90. The van der Waals surface area contributed by atoms with Crippen LogP contribution in [0.4, 0.5) is 0 Å². The first-order valence-electron chi connectivity index (χ1n) is 3.90. The van der Waals surface area contributed by atoms with Gasteiger partial charge in [-0.2, -0.15) is 0 Å². The van der Waals surface area contributed by atoms with Gasteiger partial charge in [0.05, 0.1) is 12.2 Å². The smallest absolute Gasteiger partial charge is 0.101 e. The van der Waals surface area contributed by atoms with Gasteiger partial charge in [0.15, 0.2) is 0 Å². The highest BCUT2D eigenvalue weighted by Gasteiger charge is 2.26. The standard InChI is InChI=1S/C8H14O3/c1-2-5-3-6(9)4-7(10)8(5)11/h3,6-11H,2,4H2,1H3/t6-,7-,8+/m0/s1. The molecule has 3 heteroatoms. The molecule has 11 heavy (non-hydrogen) atoms. The molecule has 1 aliphatic carbocycles. The fourth-order valence-corrected chi connectivity index (χ4v) is 1.36. The number of rotatable bonds is 1. The van der Waals surface area contributed by atoms with E-state index in [-0.39, 0.29) is 6.42 Å². The highest BCUT2D eigenvalue weighted by molar-refractivity contribution is 5.16. The van der Waals surface area contributed by atoms with Gasteiger partial charge in [0.1, 0.15) is 6.10 Å². The lowest BCUT2D eigenvalue weighted by atomic mass is 9.91. The molecular formula is C8H14O3. The zero-order valence-corrected chi connectivity index (χ0v) is 6.57. The van der Waals surface area contributed by atoms with E-state index in [0.717, 1.165) is 5.57 Å². The number of aliphatic hydroxyl groups excluding tert-OH is 3. The quantitative estimate of drug-likeness (QED) is 0.463. The number of hydrogen-bond donors (Lipinski definition) is 3. The number of hydrogen-bond acceptors (Lipinski definition) is 3. The molecule has 0 bridgehead atoms. The van der Waals surface area contributed by atoms with Crippen LogP contribution in [0.15, 0.2) is 11.6 Å². The molecule has 0 spiro atoms. The fraction of sp³-hybridized carbons (Fsp3) is 0.750. The average molecular weight is 158 g/mol. The minimum Gasteiger partial charge on any atom is -0.390 e. The third-order valence-corrected chi connectivity index (χ3v) is 2.04. The normalized spacial score (nSPS) is 38.5. The van der Waals surface area contributed by atoms with Crippen molar-refractivity contribution in [3.05, 3.63) is 11.6 Å². The van der Waals surface area contributed by atoms with Crippen molar-refractivity contribution >= 4 is 0 Å². The van der Waals surface area contributed by atoms with Gasteiger partial charge >= 0.3 is 0 Å². The van der Waals surface area contributed by atoms with E-state index in [1.54, 1.807) is 6.08 Å². The molecule has 0 radical (unpaired) electrons. The van der Waals surface area contributed by atoms with E-state index in [1.807, 2.05) is 6.92 Å². The van der Waals surface area contributed by atoms with Gasteiger partial charge in [-0.05, 0) is 12.0 Å². The van der Waals surface area contributed by atoms with Crippen molar-refractivity contribution in [1.82, 2.24) is 0 Å². The monoisotopic (exact) mass is 158 g/mol. The van der Waals surface area contributed by atoms with Crippen molar-refractivity contribution < 1.29 is 15.3 Å². The van der Waals surface area contributed by atoms with E-state index in [1.165, 1.54) is 0 Å². The first-order chi connectivity index (χ1) is 5.15. The summed E-state index contributed by atoms with van der Waals surface area (Å²) in [7, 11) is 0. The van der Waals surface area contributed by atoms with Gasteiger partial charge in [-0.25, -0.2) is 0 Å². The first kappa shape index (κ1) is 8.71. The molecule has 3 atom stereocenters. The molecule has 1 aliphatic rings. The second kappa shape index (κ2) is 3.34. The summed E-state index contributed by atoms with van der Waals surface area (Å²) < 4.78 is 0. The molecule has 0 aromatic carbocycles. The Labute approximate surface area is 66.0 Å². The third-order valence-electron chi connectivity index (χ3n) is 2.04. The van der Waals surface area contributed by atoms with Crippen molar-refractivity contribution in [1.29, 1.82) is 0 Å². The minimum absolute atomic E-state index is 0.241. The summed E-state index contributed by atoms with van der Waals surface area (Å²) in [5.41, 5.74) is 0.733. The molecule has 1 rings (SSSR count). The van der Waals surface area contributed by atoms with E-state index in [9.17, 15) is 10.2 Å². The summed E-state index contributed by atoms with van der Waals surface area (Å²) in [4.78, 5) is 0. The summed E-state index contributed by atoms with van der Waals surface area (Å²) in [6.07, 6.45) is 0.369. The van der Waals surface area contributed by atoms with E-state index in [2.05, 4.69) is 0 Å². The number of aliphatic hydroxyl groups is 3. The van der Waals surface area contributed by atoms with Crippen LogP contribution < -0.4 is 0 Å². The predicted molar refractivity (Wildman–Crippen MR) is 41.0 cm³/mol. The molecule has 0 aliphatic heterocycles. The molecule has 3 nitrogen and oxygen atoms in total. The second-order valence-corrected chi connectivity index (χ2v) is 2.91. The van der Waals surface area contributed by atoms with E-state index >= 15 is 0 Å². The van der Waals surface area contributed by atoms with Gasteiger partial charge in [0, 0.05) is 6.42 Å². The Morgan fingerprint density at radius 3 is 2.64 bits per heavy atom. The van der Waals surface area contributed by atoms with Crippen LogP contribution in [0.1, 0.15) is 19.8 Å². The zero-order chi connectivity index (χ0) is 8.43. The Hall–Kier alpha value is -0.380. The van der Waals surface area contributed by atoms with Crippen molar-refractivity contribution in [2.24, 2.45) is 0 Å². The molecule has 0 heterocycles. The average Bonchev–Trinajstić information content (AvgIpc) is 1.96. The molecule has 0 saturated heterocycles. The Bertz CT molecular complexity index is 165. The fourth-order valence-electron chi connectivity index (χ4n) is 1.36. The highest BCUT2D eigenvalue weighted by Crippen LogP contribution is 2.21. The van der Waals surface area contributed by atoms with Crippen LogP contribution in [0, 0.1) is 0 Å². The summed E-state index contributed by atoms with van der Waals surface area (Å²) >= 11 is 0. The van der Waals surface area contributed by atoms with E-state index in [4.69, 9.17) is 5.11 Å². The molecule has 0 unspecified atom stereocenters. The zero-order valence-electron chi connectivity index (χ0n) is 6.57. The minimum atomic E-state index is -0.801. The van der Waals surface area contributed by atoms with Gasteiger partial charge in [-0.15, -0.1) is 0 Å². The van der Waals surface area contributed by atoms with Gasteiger partial charge in [0.2, 0.25) is 0 Å². The van der Waals surface area contributed by atoms with Crippen LogP contribution in [-0.4, -0.2) is 33.6 Å². The summed E-state index contributed by atoms with van der Waals surface area (Å²) in [6.45, 7) is 1.89. The maximum Gasteiger partial charge on any atom is 0.101 e. The van der Waals surface area contributed by atoms with Crippen LogP contribution >= 0.6 is 0 Å². The summed E-state index contributed by atoms with van der Waals surface area (Å²) in [5, 5.41) is 27.7. The lowest BCUT2D eigenvalue weighted by Crippen LogP contribution is -2.35. The SMILES string of the molecule is CCC1=C[C@H](O)C[C@H](O)[C@@H]1O. The molecule has 0 aromatic heterocycles. The summed E-state index contributed by atoms with van der Waals surface area (Å²) in [6, 6.07) is 0. The second-order valence-electron chi connectivity index (χ2n) is 2.91. The molecule has 0 amide bonds. The van der Waals surface area contributed by atoms with Gasteiger partial charge in [-0.1, -0.05) is 13.0 Å². The molecule has 3 N–H and O–H groups in total. The Morgan fingerprint density at radius 2 is 2.09 bits per heavy atom. The third kappa shape index (κ3) is 1.80. The van der Waals surface area contributed by atoms with Gasteiger partial charge in [-0.3, -0.25) is 0 Å². The molecule has 64 valence electrons. The maximum absolute atomic E-state index is 9.33. The molecule has 0 aromatic rings. The lowest BCUT2D eigenvalue weighted by Gasteiger charge is -2.27. The van der Waals surface area contributed by atoms with Gasteiger partial charge in [0.25, 0.3) is 0 Å². The highest BCUT2D eigenvalue weighted by atomic mass is 16.3. The largest absolute Gasteiger partial charge is 0.390 e. The predicted octanol–water partition coefficient (Wildman–Crippen LogP) is -0.191. The Morgan fingerprint density at radius 1 is 1.45 bits per heavy atom. The van der Waals surface area contributed by atoms with Crippen LogP contribution in [0.3, 0.4) is 0 Å². The van der Waals surface area contributed by atoms with Crippen molar-refractivity contribution in [3.8, 4) is 0 Å².